The van der Waals surface area contributed by atoms with Gasteiger partial charge in [0.05, 0.1) is 5.01 Å². The SMILES string of the molecule is Cc1csc(CCNc2ccc(C(N)=S)c(C)c2)n1. The second-order valence-corrected chi connectivity index (χ2v) is 5.84. The first kappa shape index (κ1) is 14.0. The Balaban J connectivity index is 1.93. The van der Waals surface area contributed by atoms with Gasteiger partial charge in [-0.3, -0.25) is 0 Å². The summed E-state index contributed by atoms with van der Waals surface area (Å²) in [6.07, 6.45) is 0.939. The van der Waals surface area contributed by atoms with Gasteiger partial charge in [-0.05, 0) is 37.6 Å². The Bertz CT molecular complexity index is 590. The van der Waals surface area contributed by atoms with E-state index in [1.54, 1.807) is 11.3 Å². The molecule has 0 saturated heterocycles. The normalized spacial score (nSPS) is 10.4. The second-order valence-electron chi connectivity index (χ2n) is 4.45. The van der Waals surface area contributed by atoms with Crippen molar-refractivity contribution in [2.45, 2.75) is 20.3 Å². The third-order valence-corrected chi connectivity index (χ3v) is 4.07. The monoisotopic (exact) mass is 291 g/mol. The van der Waals surface area contributed by atoms with Crippen LogP contribution >= 0.6 is 23.6 Å². The highest BCUT2D eigenvalue weighted by Crippen LogP contribution is 2.16. The summed E-state index contributed by atoms with van der Waals surface area (Å²) < 4.78 is 0. The van der Waals surface area contributed by atoms with Gasteiger partial charge in [-0.15, -0.1) is 11.3 Å². The number of aryl methyl sites for hydroxylation is 2. The van der Waals surface area contributed by atoms with Gasteiger partial charge in [0.15, 0.2) is 0 Å². The Morgan fingerprint density at radius 2 is 2.21 bits per heavy atom. The first-order valence-corrected chi connectivity index (χ1v) is 7.40. The maximum Gasteiger partial charge on any atom is 0.104 e. The molecule has 3 N–H and O–H groups in total. The number of rotatable bonds is 5. The number of hydrogen-bond acceptors (Lipinski definition) is 4. The zero-order valence-corrected chi connectivity index (χ0v) is 12.7. The summed E-state index contributed by atoms with van der Waals surface area (Å²) in [5.74, 6) is 0. The molecule has 100 valence electrons. The summed E-state index contributed by atoms with van der Waals surface area (Å²) in [7, 11) is 0. The zero-order chi connectivity index (χ0) is 13.8. The molecule has 3 nitrogen and oxygen atoms in total. The highest BCUT2D eigenvalue weighted by molar-refractivity contribution is 7.80. The molecule has 0 amide bonds. The highest BCUT2D eigenvalue weighted by atomic mass is 32.1. The molecule has 0 bridgehead atoms. The number of anilines is 1. The number of nitrogens with zero attached hydrogens (tertiary/aromatic N) is 1. The van der Waals surface area contributed by atoms with E-state index in [1.807, 2.05) is 26.0 Å². The average molecular weight is 291 g/mol. The predicted octanol–water partition coefficient (Wildman–Crippen LogP) is 3.05. The van der Waals surface area contributed by atoms with Crippen LogP contribution in [0.3, 0.4) is 0 Å². The van der Waals surface area contributed by atoms with Crippen molar-refractivity contribution in [1.29, 1.82) is 0 Å². The topological polar surface area (TPSA) is 50.9 Å². The fraction of sp³-hybridized carbons (Fsp3) is 0.286. The van der Waals surface area contributed by atoms with E-state index in [1.165, 1.54) is 5.01 Å². The van der Waals surface area contributed by atoms with Crippen molar-refractivity contribution in [1.82, 2.24) is 4.98 Å². The lowest BCUT2D eigenvalue weighted by Crippen LogP contribution is -2.12. The molecule has 0 aliphatic rings. The van der Waals surface area contributed by atoms with Gasteiger partial charge in [-0.1, -0.05) is 12.2 Å². The minimum absolute atomic E-state index is 0.447. The van der Waals surface area contributed by atoms with Crippen molar-refractivity contribution in [2.75, 3.05) is 11.9 Å². The van der Waals surface area contributed by atoms with Gasteiger partial charge in [-0.25, -0.2) is 4.98 Å². The summed E-state index contributed by atoms with van der Waals surface area (Å²) in [5.41, 5.74) is 9.87. The Kier molecular flexibility index (Phi) is 4.50. The smallest absolute Gasteiger partial charge is 0.104 e. The van der Waals surface area contributed by atoms with Crippen LogP contribution in [0.5, 0.6) is 0 Å². The van der Waals surface area contributed by atoms with Gasteiger partial charge in [0, 0.05) is 35.3 Å². The lowest BCUT2D eigenvalue weighted by atomic mass is 10.1. The summed E-state index contributed by atoms with van der Waals surface area (Å²) in [6.45, 7) is 4.91. The molecule has 1 heterocycles. The molecule has 2 rings (SSSR count). The van der Waals surface area contributed by atoms with Crippen LogP contribution in [0.2, 0.25) is 0 Å². The quantitative estimate of drug-likeness (QED) is 0.831. The van der Waals surface area contributed by atoms with Crippen molar-refractivity contribution in [2.24, 2.45) is 5.73 Å². The molecule has 0 radical (unpaired) electrons. The van der Waals surface area contributed by atoms with Crippen LogP contribution in [0.15, 0.2) is 23.6 Å². The van der Waals surface area contributed by atoms with E-state index < -0.39 is 0 Å². The fourth-order valence-corrected chi connectivity index (χ4v) is 2.89. The molecule has 0 unspecified atom stereocenters. The number of hydrogen-bond donors (Lipinski definition) is 2. The van der Waals surface area contributed by atoms with E-state index in [0.717, 1.165) is 35.5 Å². The highest BCUT2D eigenvalue weighted by Gasteiger charge is 2.03. The average Bonchev–Trinajstić information content (AvgIpc) is 2.75. The first-order valence-electron chi connectivity index (χ1n) is 6.11. The van der Waals surface area contributed by atoms with Crippen molar-refractivity contribution in [3.63, 3.8) is 0 Å². The largest absolute Gasteiger partial charge is 0.389 e. The van der Waals surface area contributed by atoms with Crippen molar-refractivity contribution in [3.8, 4) is 0 Å². The van der Waals surface area contributed by atoms with Crippen LogP contribution in [0.1, 0.15) is 21.8 Å². The molecule has 1 aromatic carbocycles. The molecule has 1 aromatic heterocycles. The van der Waals surface area contributed by atoms with Crippen LogP contribution in [-0.2, 0) is 6.42 Å². The molecule has 0 aliphatic heterocycles. The Hall–Kier alpha value is -1.46. The number of thiocarbonyl (C=S) groups is 1. The summed E-state index contributed by atoms with van der Waals surface area (Å²) in [5, 5.41) is 6.64. The van der Waals surface area contributed by atoms with Gasteiger partial charge in [0.2, 0.25) is 0 Å². The van der Waals surface area contributed by atoms with Gasteiger partial charge in [0.1, 0.15) is 4.99 Å². The van der Waals surface area contributed by atoms with Crippen LogP contribution < -0.4 is 11.1 Å². The minimum atomic E-state index is 0.447. The molecule has 0 spiro atoms. The number of benzene rings is 1. The lowest BCUT2D eigenvalue weighted by molar-refractivity contribution is 0.986. The Labute approximate surface area is 122 Å². The van der Waals surface area contributed by atoms with Crippen molar-refractivity contribution >= 4 is 34.2 Å². The number of aromatic nitrogens is 1. The summed E-state index contributed by atoms with van der Waals surface area (Å²) in [6, 6.07) is 6.05. The minimum Gasteiger partial charge on any atom is -0.389 e. The van der Waals surface area contributed by atoms with E-state index >= 15 is 0 Å². The van der Waals surface area contributed by atoms with Crippen LogP contribution in [0.4, 0.5) is 5.69 Å². The predicted molar refractivity (Wildman–Crippen MR) is 86.1 cm³/mol. The van der Waals surface area contributed by atoms with E-state index in [2.05, 4.69) is 21.7 Å². The molecular weight excluding hydrogens is 274 g/mol. The lowest BCUT2D eigenvalue weighted by Gasteiger charge is -2.09. The number of nitrogens with two attached hydrogens (primary N) is 1. The van der Waals surface area contributed by atoms with Crippen molar-refractivity contribution < 1.29 is 0 Å². The Morgan fingerprint density at radius 1 is 1.42 bits per heavy atom. The summed E-state index contributed by atoms with van der Waals surface area (Å²) >= 11 is 6.71. The molecular formula is C14H17N3S2. The number of nitrogens with one attached hydrogen (secondary N) is 1. The fourth-order valence-electron chi connectivity index (χ4n) is 1.88. The molecule has 2 aromatic rings. The first-order chi connectivity index (χ1) is 9.06. The van der Waals surface area contributed by atoms with Gasteiger partial charge >= 0.3 is 0 Å². The summed E-state index contributed by atoms with van der Waals surface area (Å²) in [4.78, 5) is 4.89. The molecule has 0 fully saturated rings. The van der Waals surface area contributed by atoms with Gasteiger partial charge in [-0.2, -0.15) is 0 Å². The van der Waals surface area contributed by atoms with E-state index in [4.69, 9.17) is 18.0 Å². The Morgan fingerprint density at radius 3 is 2.79 bits per heavy atom. The molecule has 19 heavy (non-hydrogen) atoms. The van der Waals surface area contributed by atoms with E-state index in [-0.39, 0.29) is 0 Å². The third-order valence-electron chi connectivity index (χ3n) is 2.83. The van der Waals surface area contributed by atoms with E-state index in [9.17, 15) is 0 Å². The maximum atomic E-state index is 5.65. The maximum absolute atomic E-state index is 5.65. The molecule has 0 atom stereocenters. The second kappa shape index (κ2) is 6.12. The van der Waals surface area contributed by atoms with Crippen LogP contribution in [0, 0.1) is 13.8 Å². The molecule has 0 aliphatic carbocycles. The van der Waals surface area contributed by atoms with Crippen LogP contribution in [-0.4, -0.2) is 16.5 Å². The van der Waals surface area contributed by atoms with Crippen LogP contribution in [0.25, 0.3) is 0 Å². The third kappa shape index (κ3) is 3.75. The zero-order valence-electron chi connectivity index (χ0n) is 11.1. The van der Waals surface area contributed by atoms with Gasteiger partial charge in [0.25, 0.3) is 0 Å². The van der Waals surface area contributed by atoms with E-state index in [0.29, 0.717) is 4.99 Å². The van der Waals surface area contributed by atoms with Crippen molar-refractivity contribution in [3.05, 3.63) is 45.4 Å². The molecule has 5 heteroatoms. The van der Waals surface area contributed by atoms with Gasteiger partial charge < -0.3 is 11.1 Å². The molecule has 0 saturated carbocycles. The standard InChI is InChI=1S/C14H17N3S2/c1-9-7-11(3-4-12(9)14(15)18)16-6-5-13-17-10(2)8-19-13/h3-4,7-8,16H,5-6H2,1-2H3,(H2,15,18). The number of thiazole rings is 1.